The molecular weight excluding hydrogens is 376 g/mol. The second kappa shape index (κ2) is 17.0. The average Bonchev–Trinajstić information content (AvgIpc) is 2.71. The summed E-state index contributed by atoms with van der Waals surface area (Å²) in [7, 11) is 0. The van der Waals surface area contributed by atoms with Gasteiger partial charge in [-0.15, -0.1) is 0 Å². The van der Waals surface area contributed by atoms with E-state index in [2.05, 4.69) is 6.92 Å². The van der Waals surface area contributed by atoms with Crippen LogP contribution in [0.25, 0.3) is 0 Å². The van der Waals surface area contributed by atoms with E-state index in [1.54, 1.807) is 12.1 Å². The minimum atomic E-state index is -0.766. The van der Waals surface area contributed by atoms with Crippen LogP contribution in [0.5, 0.6) is 11.5 Å². The zero-order valence-electron chi connectivity index (χ0n) is 19.1. The fourth-order valence-electron chi connectivity index (χ4n) is 3.99. The largest absolute Gasteiger partial charge is 0.508 e. The highest BCUT2D eigenvalue weighted by Gasteiger charge is 2.09. The van der Waals surface area contributed by atoms with Crippen molar-refractivity contribution in [1.29, 1.82) is 0 Å². The Morgan fingerprint density at radius 3 is 1.40 bits per heavy atom. The molecule has 30 heavy (non-hydrogen) atoms. The molecule has 0 amide bonds. The molecule has 3 N–H and O–H groups in total. The first-order chi connectivity index (χ1) is 14.5. The van der Waals surface area contributed by atoms with E-state index in [1.807, 2.05) is 0 Å². The van der Waals surface area contributed by atoms with Gasteiger partial charge in [-0.2, -0.15) is 0 Å². The minimum absolute atomic E-state index is 0.190. The maximum atomic E-state index is 10.5. The number of hydrogen-bond acceptors (Lipinski definition) is 3. The van der Waals surface area contributed by atoms with Crippen LogP contribution in [-0.4, -0.2) is 21.3 Å². The number of benzene rings is 1. The van der Waals surface area contributed by atoms with E-state index in [-0.39, 0.29) is 17.9 Å². The number of carboxylic acid groups (broad SMARTS) is 1. The van der Waals surface area contributed by atoms with Gasteiger partial charge < -0.3 is 15.3 Å². The van der Waals surface area contributed by atoms with Gasteiger partial charge in [-0.3, -0.25) is 4.79 Å². The second-order valence-electron chi connectivity index (χ2n) is 8.70. The zero-order chi connectivity index (χ0) is 22.0. The molecule has 0 unspecified atom stereocenters. The molecule has 4 nitrogen and oxygen atoms in total. The molecule has 1 aromatic carbocycles. The number of unbranched alkanes of at least 4 members (excludes halogenated alkanes) is 13. The summed E-state index contributed by atoms with van der Waals surface area (Å²) in [5.41, 5.74) is 1.58. The summed E-state index contributed by atoms with van der Waals surface area (Å²) in [6, 6.07) is 3.39. The number of rotatable bonds is 19. The molecule has 0 spiro atoms. The lowest BCUT2D eigenvalue weighted by molar-refractivity contribution is -0.137. The molecule has 0 aliphatic rings. The number of aryl methyl sites for hydroxylation is 2. The van der Waals surface area contributed by atoms with Crippen molar-refractivity contribution < 1.29 is 20.1 Å². The zero-order valence-corrected chi connectivity index (χ0v) is 19.1. The third-order valence-corrected chi connectivity index (χ3v) is 5.92. The summed E-state index contributed by atoms with van der Waals surface area (Å²) in [6.07, 6.45) is 19.6. The Morgan fingerprint density at radius 1 is 0.633 bits per heavy atom. The number of hydrogen-bond donors (Lipinski definition) is 3. The van der Waals surface area contributed by atoms with E-state index >= 15 is 0 Å². The summed E-state index contributed by atoms with van der Waals surface area (Å²) >= 11 is 0. The van der Waals surface area contributed by atoms with E-state index < -0.39 is 5.97 Å². The average molecular weight is 421 g/mol. The van der Waals surface area contributed by atoms with Gasteiger partial charge in [0.2, 0.25) is 0 Å². The lowest BCUT2D eigenvalue weighted by atomic mass is 9.99. The standard InChI is InChI=1S/C26H44O4/c1-2-3-4-5-6-7-8-9-10-11-12-14-17-22-20-25(28)23(21-24(22)27)18-15-13-16-19-26(29)30/h20-21,27-28H,2-19H2,1H3,(H,29,30). The van der Waals surface area contributed by atoms with Crippen molar-refractivity contribution in [2.24, 2.45) is 0 Å². The molecule has 0 bridgehead atoms. The lowest BCUT2D eigenvalue weighted by Gasteiger charge is -2.10. The van der Waals surface area contributed by atoms with Crippen molar-refractivity contribution in [3.63, 3.8) is 0 Å². The van der Waals surface area contributed by atoms with E-state index in [4.69, 9.17) is 5.11 Å². The van der Waals surface area contributed by atoms with Crippen LogP contribution in [0, 0.1) is 0 Å². The first-order valence-electron chi connectivity index (χ1n) is 12.3. The summed E-state index contributed by atoms with van der Waals surface area (Å²) in [4.78, 5) is 10.5. The van der Waals surface area contributed by atoms with E-state index in [0.717, 1.165) is 36.8 Å². The Kier molecular flexibility index (Phi) is 14.9. The Morgan fingerprint density at radius 2 is 1.00 bits per heavy atom. The highest BCUT2D eigenvalue weighted by Crippen LogP contribution is 2.30. The minimum Gasteiger partial charge on any atom is -0.508 e. The Balaban J connectivity index is 2.13. The molecule has 172 valence electrons. The molecule has 0 aliphatic heterocycles. The Bertz CT molecular complexity index is 583. The molecule has 1 rings (SSSR count). The summed E-state index contributed by atoms with van der Waals surface area (Å²) in [5.74, 6) is -0.242. The number of aromatic hydroxyl groups is 2. The summed E-state index contributed by atoms with van der Waals surface area (Å²) < 4.78 is 0. The van der Waals surface area contributed by atoms with Crippen LogP contribution in [0.4, 0.5) is 0 Å². The first-order valence-corrected chi connectivity index (χ1v) is 12.3. The molecule has 0 saturated heterocycles. The van der Waals surface area contributed by atoms with Gasteiger partial charge in [0, 0.05) is 6.42 Å². The summed E-state index contributed by atoms with van der Waals surface area (Å²) in [5, 5.41) is 29.2. The Labute approximate surface area is 183 Å². The van der Waals surface area contributed by atoms with Crippen LogP contribution in [0.1, 0.15) is 121 Å². The van der Waals surface area contributed by atoms with E-state index in [1.165, 1.54) is 70.6 Å². The highest BCUT2D eigenvalue weighted by atomic mass is 16.4. The number of aliphatic carboxylic acids is 1. The van der Waals surface area contributed by atoms with Crippen LogP contribution in [-0.2, 0) is 17.6 Å². The van der Waals surface area contributed by atoms with Crippen LogP contribution < -0.4 is 0 Å². The van der Waals surface area contributed by atoms with Gasteiger partial charge in [-0.05, 0) is 55.4 Å². The maximum Gasteiger partial charge on any atom is 0.303 e. The molecule has 0 aliphatic carbocycles. The SMILES string of the molecule is CCCCCCCCCCCCCCc1cc(O)c(CCCCCC(=O)O)cc1O. The maximum absolute atomic E-state index is 10.5. The molecule has 0 saturated carbocycles. The van der Waals surface area contributed by atoms with Crippen LogP contribution in [0.3, 0.4) is 0 Å². The number of phenols is 2. The first kappa shape index (κ1) is 26.3. The van der Waals surface area contributed by atoms with E-state index in [0.29, 0.717) is 12.8 Å². The van der Waals surface area contributed by atoms with Gasteiger partial charge in [-0.25, -0.2) is 0 Å². The topological polar surface area (TPSA) is 77.8 Å². The van der Waals surface area contributed by atoms with Gasteiger partial charge in [-0.1, -0.05) is 84.0 Å². The molecular formula is C26H44O4. The predicted octanol–water partition coefficient (Wildman–Crippen LogP) is 7.53. The van der Waals surface area contributed by atoms with Crippen molar-refractivity contribution in [3.05, 3.63) is 23.3 Å². The third kappa shape index (κ3) is 12.8. The number of phenolic OH excluding ortho intramolecular Hbond substituents is 2. The van der Waals surface area contributed by atoms with Crippen LogP contribution >= 0.6 is 0 Å². The smallest absolute Gasteiger partial charge is 0.303 e. The predicted molar refractivity (Wildman–Crippen MR) is 124 cm³/mol. The van der Waals surface area contributed by atoms with Crippen molar-refractivity contribution in [1.82, 2.24) is 0 Å². The van der Waals surface area contributed by atoms with Gasteiger partial charge in [0.1, 0.15) is 11.5 Å². The van der Waals surface area contributed by atoms with Crippen molar-refractivity contribution in [2.75, 3.05) is 0 Å². The van der Waals surface area contributed by atoms with Crippen molar-refractivity contribution in [3.8, 4) is 11.5 Å². The second-order valence-corrected chi connectivity index (χ2v) is 8.70. The lowest BCUT2D eigenvalue weighted by Crippen LogP contribution is -1.95. The van der Waals surface area contributed by atoms with Crippen LogP contribution in [0.15, 0.2) is 12.1 Å². The van der Waals surface area contributed by atoms with Gasteiger partial charge in [0.05, 0.1) is 0 Å². The molecule has 4 heteroatoms. The molecule has 0 radical (unpaired) electrons. The fraction of sp³-hybridized carbons (Fsp3) is 0.731. The highest BCUT2D eigenvalue weighted by molar-refractivity contribution is 5.66. The molecule has 0 fully saturated rings. The van der Waals surface area contributed by atoms with Gasteiger partial charge in [0.15, 0.2) is 0 Å². The van der Waals surface area contributed by atoms with E-state index in [9.17, 15) is 15.0 Å². The third-order valence-electron chi connectivity index (χ3n) is 5.92. The number of carbonyl (C=O) groups is 1. The fourth-order valence-corrected chi connectivity index (χ4v) is 3.99. The monoisotopic (exact) mass is 420 g/mol. The van der Waals surface area contributed by atoms with Crippen molar-refractivity contribution >= 4 is 5.97 Å². The van der Waals surface area contributed by atoms with Gasteiger partial charge in [0.25, 0.3) is 0 Å². The molecule has 0 atom stereocenters. The normalized spacial score (nSPS) is 11.1. The molecule has 1 aromatic rings. The number of carboxylic acids is 1. The van der Waals surface area contributed by atoms with Crippen LogP contribution in [0.2, 0.25) is 0 Å². The quantitative estimate of drug-likeness (QED) is 0.160. The Hall–Kier alpha value is -1.71. The summed E-state index contributed by atoms with van der Waals surface area (Å²) in [6.45, 7) is 2.26. The molecule has 0 aromatic heterocycles. The molecule has 0 heterocycles. The van der Waals surface area contributed by atoms with Crippen molar-refractivity contribution in [2.45, 2.75) is 122 Å². The van der Waals surface area contributed by atoms with Gasteiger partial charge >= 0.3 is 5.97 Å².